The minimum Gasteiger partial charge on any atom is -0.356 e. The van der Waals surface area contributed by atoms with E-state index in [4.69, 9.17) is 0 Å². The third-order valence-corrected chi connectivity index (χ3v) is 5.06. The maximum Gasteiger partial charge on any atom is 0.254 e. The van der Waals surface area contributed by atoms with Gasteiger partial charge >= 0.3 is 0 Å². The second-order valence-corrected chi connectivity index (χ2v) is 7.22. The third-order valence-electron chi connectivity index (χ3n) is 5.06. The lowest BCUT2D eigenvalue weighted by atomic mass is 9.97. The van der Waals surface area contributed by atoms with E-state index in [1.807, 2.05) is 13.0 Å². The standard InChI is InChI=1S/C20H24N6O/c1-14-5-7-16(8-6-14)11-21-19(27)17-4-3-9-25(12-17)18-10-15(2)24-20-22-13-23-26(18)20/h5-8,10,13,17H,3-4,9,11-12H2,1-2H3,(H,21,27)/t17-/m1/s1. The van der Waals surface area contributed by atoms with Crippen LogP contribution in [0.4, 0.5) is 5.82 Å². The molecule has 1 atom stereocenters. The molecule has 0 spiro atoms. The second kappa shape index (κ2) is 7.34. The van der Waals surface area contributed by atoms with Crippen molar-refractivity contribution >= 4 is 17.5 Å². The van der Waals surface area contributed by atoms with Crippen molar-refractivity contribution < 1.29 is 4.79 Å². The normalized spacial score (nSPS) is 17.3. The van der Waals surface area contributed by atoms with E-state index in [2.05, 4.69) is 56.5 Å². The molecule has 1 N–H and O–H groups in total. The summed E-state index contributed by atoms with van der Waals surface area (Å²) in [6.45, 7) is 6.16. The van der Waals surface area contributed by atoms with Gasteiger partial charge in [-0.1, -0.05) is 29.8 Å². The van der Waals surface area contributed by atoms with Crippen molar-refractivity contribution in [1.29, 1.82) is 0 Å². The van der Waals surface area contributed by atoms with Gasteiger partial charge in [-0.3, -0.25) is 4.79 Å². The zero-order chi connectivity index (χ0) is 18.8. The SMILES string of the molecule is Cc1ccc(CNC(=O)[C@@H]2CCCN(c3cc(C)nc4ncnn34)C2)cc1. The summed E-state index contributed by atoms with van der Waals surface area (Å²) in [6, 6.07) is 10.3. The van der Waals surface area contributed by atoms with Crippen molar-refractivity contribution in [2.75, 3.05) is 18.0 Å². The van der Waals surface area contributed by atoms with Gasteiger partial charge in [0.05, 0.1) is 5.92 Å². The van der Waals surface area contributed by atoms with Crippen molar-refractivity contribution in [1.82, 2.24) is 24.9 Å². The van der Waals surface area contributed by atoms with Crippen molar-refractivity contribution in [3.05, 3.63) is 53.5 Å². The quantitative estimate of drug-likeness (QED) is 0.769. The first-order valence-corrected chi connectivity index (χ1v) is 9.36. The highest BCUT2D eigenvalue weighted by Crippen LogP contribution is 2.24. The smallest absolute Gasteiger partial charge is 0.254 e. The maximum absolute atomic E-state index is 12.7. The molecule has 1 fully saturated rings. The highest BCUT2D eigenvalue weighted by molar-refractivity contribution is 5.79. The summed E-state index contributed by atoms with van der Waals surface area (Å²) in [4.78, 5) is 23.5. The van der Waals surface area contributed by atoms with E-state index in [9.17, 15) is 4.79 Å². The molecular weight excluding hydrogens is 340 g/mol. The lowest BCUT2D eigenvalue weighted by Crippen LogP contribution is -2.43. The number of amides is 1. The molecule has 0 bridgehead atoms. The molecular formula is C20H24N6O. The topological polar surface area (TPSA) is 75.4 Å². The molecule has 4 rings (SSSR count). The summed E-state index contributed by atoms with van der Waals surface area (Å²) in [5.74, 6) is 1.62. The number of nitrogens with one attached hydrogen (secondary N) is 1. The largest absolute Gasteiger partial charge is 0.356 e. The summed E-state index contributed by atoms with van der Waals surface area (Å²) in [7, 11) is 0. The first-order chi connectivity index (χ1) is 13.1. The number of fused-ring (bicyclic) bond motifs is 1. The Balaban J connectivity index is 1.45. The minimum absolute atomic E-state index is 0.0313. The number of nitrogens with zero attached hydrogens (tertiary/aromatic N) is 5. The first kappa shape index (κ1) is 17.5. The number of carbonyl (C=O) groups excluding carboxylic acids is 1. The van der Waals surface area contributed by atoms with Crippen molar-refractivity contribution in [2.45, 2.75) is 33.2 Å². The van der Waals surface area contributed by atoms with Crippen molar-refractivity contribution in [3.63, 3.8) is 0 Å². The number of hydrogen-bond acceptors (Lipinski definition) is 5. The predicted octanol–water partition coefficient (Wildman–Crippen LogP) is 2.27. The Morgan fingerprint density at radius 1 is 1.26 bits per heavy atom. The van der Waals surface area contributed by atoms with E-state index in [0.717, 1.165) is 36.5 Å². The van der Waals surface area contributed by atoms with E-state index in [1.165, 1.54) is 11.9 Å². The molecule has 7 heteroatoms. The van der Waals surface area contributed by atoms with Crippen LogP contribution in [0.5, 0.6) is 0 Å². The molecule has 3 aromatic rings. The van der Waals surface area contributed by atoms with Gasteiger partial charge in [0.15, 0.2) is 0 Å². The molecule has 1 amide bonds. The summed E-state index contributed by atoms with van der Waals surface area (Å²) >= 11 is 0. The number of piperidine rings is 1. The Bertz CT molecular complexity index is 949. The Hall–Kier alpha value is -2.96. The van der Waals surface area contributed by atoms with Crippen LogP contribution >= 0.6 is 0 Å². The van der Waals surface area contributed by atoms with Gasteiger partial charge in [0.2, 0.25) is 5.91 Å². The van der Waals surface area contributed by atoms with Gasteiger partial charge in [-0.2, -0.15) is 14.6 Å². The zero-order valence-corrected chi connectivity index (χ0v) is 15.7. The number of aromatic nitrogens is 4. The fraction of sp³-hybridized carbons (Fsp3) is 0.400. The Labute approximate surface area is 158 Å². The number of carbonyl (C=O) groups is 1. The van der Waals surface area contributed by atoms with Gasteiger partial charge in [-0.25, -0.2) is 4.98 Å². The highest BCUT2D eigenvalue weighted by atomic mass is 16.1. The molecule has 1 aliphatic heterocycles. The summed E-state index contributed by atoms with van der Waals surface area (Å²) in [6.07, 6.45) is 3.39. The van der Waals surface area contributed by atoms with E-state index in [1.54, 1.807) is 4.52 Å². The number of benzene rings is 1. The van der Waals surface area contributed by atoms with Crippen LogP contribution in [0.15, 0.2) is 36.7 Å². The lowest BCUT2D eigenvalue weighted by Gasteiger charge is -2.33. The maximum atomic E-state index is 12.7. The molecule has 0 saturated carbocycles. The molecule has 1 aromatic carbocycles. The predicted molar refractivity (Wildman–Crippen MR) is 103 cm³/mol. The molecule has 140 valence electrons. The van der Waals surface area contributed by atoms with E-state index >= 15 is 0 Å². The minimum atomic E-state index is -0.0313. The molecule has 0 aliphatic carbocycles. The molecule has 1 saturated heterocycles. The molecule has 0 unspecified atom stereocenters. The van der Waals surface area contributed by atoms with Gasteiger partial charge in [-0.15, -0.1) is 0 Å². The van der Waals surface area contributed by atoms with Gasteiger partial charge < -0.3 is 10.2 Å². The second-order valence-electron chi connectivity index (χ2n) is 7.22. The molecule has 2 aromatic heterocycles. The number of hydrogen-bond donors (Lipinski definition) is 1. The molecule has 3 heterocycles. The fourth-order valence-electron chi connectivity index (χ4n) is 3.58. The van der Waals surface area contributed by atoms with E-state index < -0.39 is 0 Å². The Morgan fingerprint density at radius 2 is 2.07 bits per heavy atom. The molecule has 1 aliphatic rings. The number of aryl methyl sites for hydroxylation is 2. The van der Waals surface area contributed by atoms with Crippen LogP contribution in [-0.2, 0) is 11.3 Å². The van der Waals surface area contributed by atoms with Crippen LogP contribution in [0.2, 0.25) is 0 Å². The van der Waals surface area contributed by atoms with E-state index in [-0.39, 0.29) is 11.8 Å². The molecule has 0 radical (unpaired) electrons. The Morgan fingerprint density at radius 3 is 2.89 bits per heavy atom. The molecule has 7 nitrogen and oxygen atoms in total. The first-order valence-electron chi connectivity index (χ1n) is 9.36. The molecule has 27 heavy (non-hydrogen) atoms. The fourth-order valence-corrected chi connectivity index (χ4v) is 3.58. The Kier molecular flexibility index (Phi) is 4.75. The number of rotatable bonds is 4. The van der Waals surface area contributed by atoms with Crippen LogP contribution in [0.1, 0.15) is 29.7 Å². The van der Waals surface area contributed by atoms with Crippen LogP contribution in [0, 0.1) is 19.8 Å². The summed E-state index contributed by atoms with van der Waals surface area (Å²) in [5, 5.41) is 7.38. The van der Waals surface area contributed by atoms with Gasteiger partial charge in [0, 0.05) is 31.4 Å². The van der Waals surface area contributed by atoms with Gasteiger partial charge in [-0.05, 0) is 32.3 Å². The van der Waals surface area contributed by atoms with Crippen LogP contribution < -0.4 is 10.2 Å². The summed E-state index contributed by atoms with van der Waals surface area (Å²) in [5.41, 5.74) is 3.24. The van der Waals surface area contributed by atoms with Gasteiger partial charge in [0.25, 0.3) is 5.78 Å². The average Bonchev–Trinajstić information content (AvgIpc) is 3.15. The van der Waals surface area contributed by atoms with Gasteiger partial charge in [0.1, 0.15) is 12.1 Å². The van der Waals surface area contributed by atoms with Crippen molar-refractivity contribution in [3.8, 4) is 0 Å². The van der Waals surface area contributed by atoms with Crippen LogP contribution in [0.3, 0.4) is 0 Å². The zero-order valence-electron chi connectivity index (χ0n) is 15.7. The van der Waals surface area contributed by atoms with Crippen LogP contribution in [-0.4, -0.2) is 38.6 Å². The summed E-state index contributed by atoms with van der Waals surface area (Å²) < 4.78 is 1.75. The van der Waals surface area contributed by atoms with Crippen molar-refractivity contribution in [2.24, 2.45) is 5.92 Å². The average molecular weight is 364 g/mol. The lowest BCUT2D eigenvalue weighted by molar-refractivity contribution is -0.125. The highest BCUT2D eigenvalue weighted by Gasteiger charge is 2.27. The third kappa shape index (κ3) is 3.77. The van der Waals surface area contributed by atoms with Crippen LogP contribution in [0.25, 0.3) is 5.78 Å². The monoisotopic (exact) mass is 364 g/mol. The number of anilines is 1. The van der Waals surface area contributed by atoms with E-state index in [0.29, 0.717) is 18.9 Å².